The van der Waals surface area contributed by atoms with E-state index in [1.807, 2.05) is 49.9 Å². The van der Waals surface area contributed by atoms with Crippen LogP contribution in [0.15, 0.2) is 58.5 Å². The molecule has 2 atom stereocenters. The average Bonchev–Trinajstić information content (AvgIpc) is 3.53. The zero-order chi connectivity index (χ0) is 23.4. The lowest BCUT2D eigenvalue weighted by Gasteiger charge is -2.38. The van der Waals surface area contributed by atoms with Gasteiger partial charge in [-0.05, 0) is 67.5 Å². The molecule has 3 heterocycles. The molecule has 1 aromatic carbocycles. The topological polar surface area (TPSA) is 63.0 Å². The Labute approximate surface area is 198 Å². The molecular weight excluding hydrogens is 436 g/mol. The van der Waals surface area contributed by atoms with Crippen LogP contribution in [0.5, 0.6) is 5.75 Å². The highest BCUT2D eigenvalue weighted by Gasteiger charge is 2.34. The summed E-state index contributed by atoms with van der Waals surface area (Å²) in [6.45, 7) is 6.97. The summed E-state index contributed by atoms with van der Waals surface area (Å²) in [6.07, 6.45) is 3.04. The van der Waals surface area contributed by atoms with Crippen molar-refractivity contribution >= 4 is 23.2 Å². The van der Waals surface area contributed by atoms with Crippen LogP contribution in [-0.4, -0.2) is 47.4 Å². The smallest absolute Gasteiger partial charge is 0.290 e. The number of hydrogen-bond donors (Lipinski definition) is 0. The molecule has 0 fully saturated rings. The van der Waals surface area contributed by atoms with Crippen LogP contribution < -0.4 is 4.74 Å². The van der Waals surface area contributed by atoms with Gasteiger partial charge in [0.1, 0.15) is 18.9 Å². The van der Waals surface area contributed by atoms with Gasteiger partial charge in [0.2, 0.25) is 5.91 Å². The molecule has 2 aromatic heterocycles. The molecule has 0 radical (unpaired) electrons. The fourth-order valence-corrected chi connectivity index (χ4v) is 5.12. The van der Waals surface area contributed by atoms with E-state index in [2.05, 4.69) is 11.4 Å². The fourth-order valence-electron chi connectivity index (χ4n) is 4.19. The number of rotatable bonds is 8. The van der Waals surface area contributed by atoms with E-state index in [1.165, 1.54) is 11.1 Å². The Morgan fingerprint density at radius 1 is 1.24 bits per heavy atom. The molecule has 0 aliphatic carbocycles. The second-order valence-corrected chi connectivity index (χ2v) is 9.40. The summed E-state index contributed by atoms with van der Waals surface area (Å²) in [5.74, 6) is 0.733. The van der Waals surface area contributed by atoms with E-state index in [9.17, 15) is 9.59 Å². The summed E-state index contributed by atoms with van der Waals surface area (Å²) in [5.41, 5.74) is 2.20. The highest BCUT2D eigenvalue weighted by Crippen LogP contribution is 2.34. The van der Waals surface area contributed by atoms with Crippen molar-refractivity contribution < 1.29 is 18.7 Å². The van der Waals surface area contributed by atoms with Gasteiger partial charge in [0, 0.05) is 17.5 Å². The molecule has 0 saturated heterocycles. The van der Waals surface area contributed by atoms with Crippen molar-refractivity contribution in [1.29, 1.82) is 0 Å². The number of furan rings is 1. The lowest BCUT2D eigenvalue weighted by Crippen LogP contribution is -2.49. The van der Waals surface area contributed by atoms with Crippen LogP contribution in [0.4, 0.5) is 0 Å². The van der Waals surface area contributed by atoms with E-state index < -0.39 is 0 Å². The molecule has 0 spiro atoms. The van der Waals surface area contributed by atoms with Gasteiger partial charge < -0.3 is 19.0 Å². The average molecular weight is 467 g/mol. The Morgan fingerprint density at radius 2 is 2.06 bits per heavy atom. The predicted octanol–water partition coefficient (Wildman–Crippen LogP) is 5.10. The van der Waals surface area contributed by atoms with E-state index >= 15 is 0 Å². The van der Waals surface area contributed by atoms with Crippen LogP contribution in [-0.2, 0) is 11.2 Å². The summed E-state index contributed by atoms with van der Waals surface area (Å²) in [4.78, 5) is 31.4. The molecule has 1 aliphatic heterocycles. The third kappa shape index (κ3) is 4.98. The van der Waals surface area contributed by atoms with Crippen molar-refractivity contribution in [3.63, 3.8) is 0 Å². The minimum absolute atomic E-state index is 0.00880. The number of benzene rings is 1. The predicted molar refractivity (Wildman–Crippen MR) is 129 cm³/mol. The third-order valence-corrected chi connectivity index (χ3v) is 7.32. The Bertz CT molecular complexity index is 1090. The van der Waals surface area contributed by atoms with E-state index in [4.69, 9.17) is 9.15 Å². The molecule has 3 aromatic rings. The Kier molecular flexibility index (Phi) is 7.18. The normalized spacial score (nSPS) is 16.2. The highest BCUT2D eigenvalue weighted by atomic mass is 32.1. The maximum atomic E-state index is 13.6. The molecule has 2 amide bonds. The number of fused-ring (bicyclic) bond motifs is 1. The van der Waals surface area contributed by atoms with Gasteiger partial charge in [0.05, 0.1) is 12.3 Å². The van der Waals surface area contributed by atoms with Gasteiger partial charge in [0.15, 0.2) is 5.76 Å². The first kappa shape index (κ1) is 23.1. The molecule has 4 rings (SSSR count). The van der Waals surface area contributed by atoms with Gasteiger partial charge in [-0.2, -0.15) is 0 Å². The number of ether oxygens (including phenoxy) is 1. The summed E-state index contributed by atoms with van der Waals surface area (Å²) < 4.78 is 11.5. The molecule has 0 bridgehead atoms. The quantitative estimate of drug-likeness (QED) is 0.464. The number of carbonyl (C=O) groups is 2. The van der Waals surface area contributed by atoms with Crippen LogP contribution >= 0.6 is 11.3 Å². The number of nitrogens with zero attached hydrogens (tertiary/aromatic N) is 2. The standard InChI is InChI=1S/C26H30N2O4S/c1-4-19(3)28(26(30)23-10-7-14-31-23)16-25(29)27-13-11-24-20(12-15-33-24)21(27)17-32-22-9-6-5-8-18(22)2/h5-10,12,14-15,19,21H,4,11,13,16-17H2,1-3H3/t19-,21-/m0/s1. The largest absolute Gasteiger partial charge is 0.491 e. The molecule has 33 heavy (non-hydrogen) atoms. The van der Waals surface area contributed by atoms with E-state index in [-0.39, 0.29) is 36.2 Å². The van der Waals surface area contributed by atoms with Gasteiger partial charge in [0.25, 0.3) is 5.91 Å². The molecule has 0 unspecified atom stereocenters. The third-order valence-electron chi connectivity index (χ3n) is 6.33. The number of thiophene rings is 1. The zero-order valence-electron chi connectivity index (χ0n) is 19.3. The zero-order valence-corrected chi connectivity index (χ0v) is 20.1. The molecule has 0 saturated carbocycles. The number of carbonyl (C=O) groups excluding carboxylic acids is 2. The number of para-hydroxylation sites is 1. The van der Waals surface area contributed by atoms with E-state index in [0.717, 1.165) is 29.7 Å². The monoisotopic (exact) mass is 466 g/mol. The Morgan fingerprint density at radius 3 is 2.79 bits per heavy atom. The van der Waals surface area contributed by atoms with Crippen molar-refractivity contribution in [2.75, 3.05) is 19.7 Å². The second kappa shape index (κ2) is 10.3. The van der Waals surface area contributed by atoms with Crippen molar-refractivity contribution in [1.82, 2.24) is 9.80 Å². The molecule has 6 nitrogen and oxygen atoms in total. The van der Waals surface area contributed by atoms with Crippen molar-refractivity contribution in [3.8, 4) is 5.75 Å². The lowest BCUT2D eigenvalue weighted by atomic mass is 10.00. The van der Waals surface area contributed by atoms with Gasteiger partial charge in [-0.3, -0.25) is 9.59 Å². The maximum Gasteiger partial charge on any atom is 0.290 e. The van der Waals surface area contributed by atoms with Crippen LogP contribution in [0.3, 0.4) is 0 Å². The summed E-state index contributed by atoms with van der Waals surface area (Å²) in [7, 11) is 0. The number of amides is 2. The van der Waals surface area contributed by atoms with Crippen LogP contribution in [0.1, 0.15) is 52.9 Å². The maximum absolute atomic E-state index is 13.6. The van der Waals surface area contributed by atoms with Crippen molar-refractivity contribution in [2.24, 2.45) is 0 Å². The Balaban J connectivity index is 1.55. The fraction of sp³-hybridized carbons (Fsp3) is 0.385. The van der Waals surface area contributed by atoms with Crippen LogP contribution in [0, 0.1) is 6.92 Å². The number of hydrogen-bond acceptors (Lipinski definition) is 5. The van der Waals surface area contributed by atoms with Gasteiger partial charge in [-0.15, -0.1) is 11.3 Å². The lowest BCUT2D eigenvalue weighted by molar-refractivity contribution is -0.136. The summed E-state index contributed by atoms with van der Waals surface area (Å²) >= 11 is 1.72. The summed E-state index contributed by atoms with van der Waals surface area (Å²) in [5, 5.41) is 2.07. The van der Waals surface area contributed by atoms with Crippen LogP contribution in [0.25, 0.3) is 0 Å². The minimum Gasteiger partial charge on any atom is -0.491 e. The van der Waals surface area contributed by atoms with E-state index in [0.29, 0.717) is 13.2 Å². The minimum atomic E-state index is -0.261. The van der Waals surface area contributed by atoms with Crippen LogP contribution in [0.2, 0.25) is 0 Å². The summed E-state index contributed by atoms with van der Waals surface area (Å²) in [6, 6.07) is 13.0. The molecule has 1 aliphatic rings. The Hall–Kier alpha value is -3.06. The molecular formula is C26H30N2O4S. The highest BCUT2D eigenvalue weighted by molar-refractivity contribution is 7.10. The van der Waals surface area contributed by atoms with Gasteiger partial charge >= 0.3 is 0 Å². The molecule has 0 N–H and O–H groups in total. The van der Waals surface area contributed by atoms with Crippen molar-refractivity contribution in [3.05, 3.63) is 75.9 Å². The number of aryl methyl sites for hydroxylation is 1. The molecule has 174 valence electrons. The first-order valence-corrected chi connectivity index (χ1v) is 12.3. The first-order chi connectivity index (χ1) is 16.0. The van der Waals surface area contributed by atoms with Gasteiger partial charge in [-0.25, -0.2) is 0 Å². The van der Waals surface area contributed by atoms with E-state index in [1.54, 1.807) is 28.4 Å². The second-order valence-electron chi connectivity index (χ2n) is 8.40. The first-order valence-electron chi connectivity index (χ1n) is 11.4. The molecule has 7 heteroatoms. The van der Waals surface area contributed by atoms with Gasteiger partial charge in [-0.1, -0.05) is 25.1 Å². The SMILES string of the molecule is CC[C@H](C)N(CC(=O)N1CCc2sccc2[C@@H]1COc1ccccc1C)C(=O)c1ccco1. The van der Waals surface area contributed by atoms with Crippen molar-refractivity contribution in [2.45, 2.75) is 45.7 Å².